The number of ether oxygens (including phenoxy) is 2. The Morgan fingerprint density at radius 3 is 2.76 bits per heavy atom. The van der Waals surface area contributed by atoms with Gasteiger partial charge >= 0.3 is 0 Å². The van der Waals surface area contributed by atoms with Crippen molar-refractivity contribution in [1.82, 2.24) is 5.32 Å². The molecule has 1 aromatic rings. The normalized spacial score (nSPS) is 19.4. The number of unbranched alkanes of at least 4 members (excludes halogenated alkanes) is 1. The first kappa shape index (κ1) is 19.1. The number of benzene rings is 1. The molecule has 2 rings (SSSR count). The predicted octanol–water partition coefficient (Wildman–Crippen LogP) is 2.65. The van der Waals surface area contributed by atoms with Gasteiger partial charge in [0, 0.05) is 11.6 Å². The van der Waals surface area contributed by atoms with Crippen LogP contribution in [-0.2, 0) is 4.79 Å². The van der Waals surface area contributed by atoms with Gasteiger partial charge in [-0.1, -0.05) is 26.2 Å². The lowest BCUT2D eigenvalue weighted by Crippen LogP contribution is -2.37. The summed E-state index contributed by atoms with van der Waals surface area (Å²) >= 11 is 0. The van der Waals surface area contributed by atoms with Crippen LogP contribution in [0.5, 0.6) is 11.5 Å². The molecule has 1 aliphatic rings. The highest BCUT2D eigenvalue weighted by Crippen LogP contribution is 2.31. The first-order valence-electron chi connectivity index (χ1n) is 8.95. The summed E-state index contributed by atoms with van der Waals surface area (Å²) in [5.41, 5.74) is 5.60. The van der Waals surface area contributed by atoms with Gasteiger partial charge in [0.15, 0.2) is 18.1 Å². The van der Waals surface area contributed by atoms with Crippen molar-refractivity contribution in [3.8, 4) is 11.5 Å². The van der Waals surface area contributed by atoms with E-state index in [9.17, 15) is 9.59 Å². The van der Waals surface area contributed by atoms with E-state index in [2.05, 4.69) is 12.2 Å². The topological polar surface area (TPSA) is 90.6 Å². The summed E-state index contributed by atoms with van der Waals surface area (Å²) in [5.74, 6) is 0.697. The molecule has 138 valence electrons. The van der Waals surface area contributed by atoms with E-state index in [-0.39, 0.29) is 18.6 Å². The minimum Gasteiger partial charge on any atom is -0.493 e. The Kier molecular flexibility index (Phi) is 7.10. The van der Waals surface area contributed by atoms with Crippen molar-refractivity contribution in [2.24, 2.45) is 11.7 Å². The zero-order valence-electron chi connectivity index (χ0n) is 15.0. The lowest BCUT2D eigenvalue weighted by Gasteiger charge is -2.21. The highest BCUT2D eigenvalue weighted by atomic mass is 16.5. The van der Waals surface area contributed by atoms with Gasteiger partial charge in [0.2, 0.25) is 0 Å². The highest BCUT2D eigenvalue weighted by Gasteiger charge is 2.28. The Hall–Kier alpha value is -2.24. The van der Waals surface area contributed by atoms with Crippen molar-refractivity contribution in [3.63, 3.8) is 0 Å². The quantitative estimate of drug-likeness (QED) is 0.718. The Morgan fingerprint density at radius 2 is 2.08 bits per heavy atom. The van der Waals surface area contributed by atoms with Crippen LogP contribution in [0.1, 0.15) is 55.8 Å². The second-order valence-electron chi connectivity index (χ2n) is 6.53. The number of primary amides is 1. The molecular formula is C19H28N2O4. The largest absolute Gasteiger partial charge is 0.493 e. The van der Waals surface area contributed by atoms with Gasteiger partial charge in [0.1, 0.15) is 0 Å². The highest BCUT2D eigenvalue weighted by molar-refractivity contribution is 5.95. The van der Waals surface area contributed by atoms with Crippen LogP contribution in [0, 0.1) is 5.92 Å². The van der Waals surface area contributed by atoms with Crippen LogP contribution in [-0.4, -0.2) is 31.6 Å². The Balaban J connectivity index is 2.02. The van der Waals surface area contributed by atoms with Crippen molar-refractivity contribution in [3.05, 3.63) is 23.8 Å². The van der Waals surface area contributed by atoms with Gasteiger partial charge in [0.05, 0.1) is 7.11 Å². The van der Waals surface area contributed by atoms with Gasteiger partial charge in [-0.05, 0) is 43.4 Å². The van der Waals surface area contributed by atoms with Crippen molar-refractivity contribution >= 4 is 11.8 Å². The van der Waals surface area contributed by atoms with E-state index in [0.717, 1.165) is 6.42 Å². The Labute approximate surface area is 149 Å². The zero-order chi connectivity index (χ0) is 18.2. The van der Waals surface area contributed by atoms with E-state index in [1.165, 1.54) is 39.2 Å². The van der Waals surface area contributed by atoms with E-state index in [0.29, 0.717) is 23.0 Å². The molecule has 1 saturated carbocycles. The summed E-state index contributed by atoms with van der Waals surface area (Å²) in [5, 5.41) is 3.17. The molecule has 0 saturated heterocycles. The van der Waals surface area contributed by atoms with Crippen LogP contribution in [0.4, 0.5) is 0 Å². The van der Waals surface area contributed by atoms with Gasteiger partial charge in [-0.2, -0.15) is 0 Å². The molecule has 1 fully saturated rings. The van der Waals surface area contributed by atoms with Crippen molar-refractivity contribution < 1.29 is 19.1 Å². The minimum absolute atomic E-state index is 0.104. The number of nitrogens with one attached hydrogen (secondary N) is 1. The molecule has 2 atom stereocenters. The molecule has 0 spiro atoms. The number of amides is 2. The minimum atomic E-state index is -0.566. The van der Waals surface area contributed by atoms with Crippen molar-refractivity contribution in [2.45, 2.75) is 51.5 Å². The first-order valence-corrected chi connectivity index (χ1v) is 8.95. The molecule has 6 heteroatoms. The lowest BCUT2D eigenvalue weighted by atomic mass is 9.96. The number of nitrogens with two attached hydrogens (primary N) is 1. The SMILES string of the molecule is CCCC[C@@H]1CCC[C@H]1NC(=O)c1ccc(OCC(N)=O)c(OC)c1. The number of methoxy groups -OCH3 is 1. The average Bonchev–Trinajstić information content (AvgIpc) is 3.04. The van der Waals surface area contributed by atoms with Crippen LogP contribution in [0.25, 0.3) is 0 Å². The molecule has 25 heavy (non-hydrogen) atoms. The van der Waals surface area contributed by atoms with Crippen molar-refractivity contribution in [1.29, 1.82) is 0 Å². The van der Waals surface area contributed by atoms with E-state index in [1.807, 2.05) is 0 Å². The second kappa shape index (κ2) is 9.30. The molecule has 0 unspecified atom stereocenters. The maximum absolute atomic E-state index is 12.6. The molecule has 0 radical (unpaired) electrons. The maximum Gasteiger partial charge on any atom is 0.255 e. The Bertz CT molecular complexity index is 603. The molecule has 2 amide bonds. The average molecular weight is 348 g/mol. The second-order valence-corrected chi connectivity index (χ2v) is 6.53. The fraction of sp³-hybridized carbons (Fsp3) is 0.579. The molecular weight excluding hydrogens is 320 g/mol. The molecule has 0 aromatic heterocycles. The third-order valence-electron chi connectivity index (χ3n) is 4.70. The third-order valence-corrected chi connectivity index (χ3v) is 4.70. The van der Waals surface area contributed by atoms with E-state index < -0.39 is 5.91 Å². The van der Waals surface area contributed by atoms with Gasteiger partial charge in [0.25, 0.3) is 11.8 Å². The zero-order valence-corrected chi connectivity index (χ0v) is 15.0. The summed E-state index contributed by atoms with van der Waals surface area (Å²) in [6, 6.07) is 5.17. The molecule has 0 heterocycles. The van der Waals surface area contributed by atoms with Crippen LogP contribution in [0.15, 0.2) is 18.2 Å². The molecule has 6 nitrogen and oxygen atoms in total. The van der Waals surface area contributed by atoms with Crippen LogP contribution >= 0.6 is 0 Å². The van der Waals surface area contributed by atoms with Crippen LogP contribution in [0.3, 0.4) is 0 Å². The van der Waals surface area contributed by atoms with Crippen LogP contribution < -0.4 is 20.5 Å². The van der Waals surface area contributed by atoms with Gasteiger partial charge < -0.3 is 20.5 Å². The smallest absolute Gasteiger partial charge is 0.255 e. The van der Waals surface area contributed by atoms with Gasteiger partial charge in [-0.25, -0.2) is 0 Å². The summed E-state index contributed by atoms with van der Waals surface area (Å²) in [6.45, 7) is 1.96. The monoisotopic (exact) mass is 348 g/mol. The van der Waals surface area contributed by atoms with Gasteiger partial charge in [-0.15, -0.1) is 0 Å². The molecule has 3 N–H and O–H groups in total. The summed E-state index contributed by atoms with van der Waals surface area (Å²) in [6.07, 6.45) is 6.95. The van der Waals surface area contributed by atoms with Gasteiger partial charge in [-0.3, -0.25) is 9.59 Å². The fourth-order valence-electron chi connectivity index (χ4n) is 3.37. The molecule has 0 bridgehead atoms. The lowest BCUT2D eigenvalue weighted by molar-refractivity contribution is -0.119. The number of carbonyl (C=O) groups excluding carboxylic acids is 2. The summed E-state index contributed by atoms with van der Waals surface area (Å²) in [4.78, 5) is 23.4. The molecule has 1 aliphatic carbocycles. The van der Waals surface area contributed by atoms with E-state index >= 15 is 0 Å². The van der Waals surface area contributed by atoms with E-state index in [1.54, 1.807) is 18.2 Å². The van der Waals surface area contributed by atoms with Crippen molar-refractivity contribution in [2.75, 3.05) is 13.7 Å². The number of hydrogen-bond donors (Lipinski definition) is 2. The predicted molar refractivity (Wildman–Crippen MR) is 95.8 cm³/mol. The fourth-order valence-corrected chi connectivity index (χ4v) is 3.37. The maximum atomic E-state index is 12.6. The summed E-state index contributed by atoms with van der Waals surface area (Å²) < 4.78 is 10.5. The first-order chi connectivity index (χ1) is 12.0. The molecule has 1 aromatic carbocycles. The summed E-state index contributed by atoms with van der Waals surface area (Å²) in [7, 11) is 1.49. The third kappa shape index (κ3) is 5.37. The Morgan fingerprint density at radius 1 is 1.28 bits per heavy atom. The number of hydrogen-bond acceptors (Lipinski definition) is 4. The van der Waals surface area contributed by atoms with E-state index in [4.69, 9.17) is 15.2 Å². The standard InChI is InChI=1S/C19H28N2O4/c1-3-4-6-13-7-5-8-15(13)21-19(23)14-9-10-16(17(11-14)24-2)25-12-18(20)22/h9-11,13,15H,3-8,12H2,1-2H3,(H2,20,22)(H,21,23)/t13-,15-/m1/s1. The number of carbonyl (C=O) groups is 2. The molecule has 0 aliphatic heterocycles. The number of rotatable bonds is 9. The van der Waals surface area contributed by atoms with Crippen LogP contribution in [0.2, 0.25) is 0 Å².